The Hall–Kier alpha value is -0.640. The summed E-state index contributed by atoms with van der Waals surface area (Å²) >= 11 is 6.09. The van der Waals surface area contributed by atoms with Crippen LogP contribution in [0.1, 0.15) is 38.7 Å². The van der Waals surface area contributed by atoms with Gasteiger partial charge < -0.3 is 10.1 Å². The summed E-state index contributed by atoms with van der Waals surface area (Å²) in [4.78, 5) is 0. The summed E-state index contributed by atoms with van der Waals surface area (Å²) in [6.45, 7) is 6.76. The maximum atomic E-state index is 13.1. The number of halogens is 2. The first-order valence-electron chi connectivity index (χ1n) is 7.42. The van der Waals surface area contributed by atoms with Gasteiger partial charge in [0, 0.05) is 24.3 Å². The van der Waals surface area contributed by atoms with Crippen LogP contribution in [0, 0.1) is 5.82 Å². The predicted octanol–water partition coefficient (Wildman–Crippen LogP) is 4.21. The Morgan fingerprint density at radius 3 is 2.70 bits per heavy atom. The summed E-state index contributed by atoms with van der Waals surface area (Å²) in [6, 6.07) is 4.92. The van der Waals surface area contributed by atoms with Crippen molar-refractivity contribution in [1.82, 2.24) is 5.32 Å². The third kappa shape index (κ3) is 6.69. The van der Waals surface area contributed by atoms with Crippen LogP contribution in [0.4, 0.5) is 4.39 Å². The Bertz CT molecular complexity index is 387. The molecule has 0 saturated carbocycles. The van der Waals surface area contributed by atoms with Gasteiger partial charge in [0.25, 0.3) is 0 Å². The van der Waals surface area contributed by atoms with Crippen molar-refractivity contribution in [2.75, 3.05) is 19.8 Å². The molecule has 0 spiro atoms. The van der Waals surface area contributed by atoms with E-state index in [9.17, 15) is 4.39 Å². The fourth-order valence-corrected chi connectivity index (χ4v) is 2.29. The molecule has 1 aromatic rings. The fourth-order valence-electron chi connectivity index (χ4n) is 2.05. The maximum Gasteiger partial charge on any atom is 0.124 e. The van der Waals surface area contributed by atoms with Gasteiger partial charge in [0.15, 0.2) is 0 Å². The third-order valence-electron chi connectivity index (χ3n) is 3.12. The van der Waals surface area contributed by atoms with E-state index in [4.69, 9.17) is 16.3 Å². The van der Waals surface area contributed by atoms with Crippen LogP contribution in [0.15, 0.2) is 18.2 Å². The molecule has 0 aliphatic carbocycles. The molecule has 4 heteroatoms. The van der Waals surface area contributed by atoms with Crippen LogP contribution in [0.2, 0.25) is 5.02 Å². The summed E-state index contributed by atoms with van der Waals surface area (Å²) in [5.74, 6) is -0.289. The molecule has 0 heterocycles. The van der Waals surface area contributed by atoms with Gasteiger partial charge >= 0.3 is 0 Å². The highest BCUT2D eigenvalue weighted by atomic mass is 35.5. The van der Waals surface area contributed by atoms with Crippen LogP contribution in [0.3, 0.4) is 0 Å². The molecule has 0 aromatic heterocycles. The van der Waals surface area contributed by atoms with Gasteiger partial charge in [-0.25, -0.2) is 4.39 Å². The van der Waals surface area contributed by atoms with E-state index in [0.717, 1.165) is 51.0 Å². The average molecular weight is 302 g/mol. The molecular weight excluding hydrogens is 277 g/mol. The van der Waals surface area contributed by atoms with E-state index in [-0.39, 0.29) is 5.82 Å². The Kier molecular flexibility index (Phi) is 8.83. The van der Waals surface area contributed by atoms with Gasteiger partial charge in [-0.05, 0) is 49.9 Å². The molecule has 0 fully saturated rings. The van der Waals surface area contributed by atoms with Crippen LogP contribution in [-0.2, 0) is 11.2 Å². The van der Waals surface area contributed by atoms with E-state index in [1.165, 1.54) is 12.1 Å². The zero-order valence-corrected chi connectivity index (χ0v) is 13.2. The van der Waals surface area contributed by atoms with E-state index in [1.807, 2.05) is 0 Å². The average Bonchev–Trinajstić information content (AvgIpc) is 2.43. The number of benzene rings is 1. The van der Waals surface area contributed by atoms with E-state index < -0.39 is 0 Å². The Balaban J connectivity index is 2.53. The first-order valence-corrected chi connectivity index (χ1v) is 7.80. The van der Waals surface area contributed by atoms with Crippen LogP contribution in [0.5, 0.6) is 0 Å². The summed E-state index contributed by atoms with van der Waals surface area (Å²) in [5, 5.41) is 4.01. The largest absolute Gasteiger partial charge is 0.381 e. The lowest BCUT2D eigenvalue weighted by Gasteiger charge is -2.19. The smallest absolute Gasteiger partial charge is 0.124 e. The number of ether oxygens (including phenoxy) is 1. The SMILES string of the molecule is CCCNC(CCOCCC)Cc1ccc(F)cc1Cl. The lowest BCUT2D eigenvalue weighted by molar-refractivity contribution is 0.124. The van der Waals surface area contributed by atoms with Gasteiger partial charge in [-0.1, -0.05) is 31.5 Å². The first kappa shape index (κ1) is 17.4. The van der Waals surface area contributed by atoms with Crippen LogP contribution in [0.25, 0.3) is 0 Å². The zero-order valence-electron chi connectivity index (χ0n) is 12.4. The molecule has 2 nitrogen and oxygen atoms in total. The van der Waals surface area contributed by atoms with E-state index >= 15 is 0 Å². The Labute approximate surface area is 126 Å². The number of hydrogen-bond acceptors (Lipinski definition) is 2. The minimum Gasteiger partial charge on any atom is -0.381 e. The van der Waals surface area contributed by atoms with Gasteiger partial charge in [0.05, 0.1) is 0 Å². The second kappa shape index (κ2) is 10.1. The molecule has 1 aromatic carbocycles. The third-order valence-corrected chi connectivity index (χ3v) is 3.48. The topological polar surface area (TPSA) is 21.3 Å². The number of rotatable bonds is 10. The standard InChI is InChI=1S/C16H25ClFNO/c1-3-8-19-15(7-10-20-9-4-2)11-13-5-6-14(18)12-16(13)17/h5-6,12,15,19H,3-4,7-11H2,1-2H3. The van der Waals surface area contributed by atoms with Crippen LogP contribution < -0.4 is 5.32 Å². The fraction of sp³-hybridized carbons (Fsp3) is 0.625. The molecule has 20 heavy (non-hydrogen) atoms. The summed E-state index contributed by atoms with van der Waals surface area (Å²) in [5.41, 5.74) is 0.983. The molecule has 0 amide bonds. The molecule has 1 N–H and O–H groups in total. The van der Waals surface area contributed by atoms with Gasteiger partial charge in [-0.3, -0.25) is 0 Å². The molecule has 1 rings (SSSR count). The second-order valence-corrected chi connectivity index (χ2v) is 5.40. The van der Waals surface area contributed by atoms with Gasteiger partial charge in [-0.2, -0.15) is 0 Å². The van der Waals surface area contributed by atoms with Crippen molar-refractivity contribution in [3.05, 3.63) is 34.6 Å². The minimum absolute atomic E-state index is 0.289. The van der Waals surface area contributed by atoms with Crippen molar-refractivity contribution in [1.29, 1.82) is 0 Å². The number of nitrogens with one attached hydrogen (secondary N) is 1. The van der Waals surface area contributed by atoms with Gasteiger partial charge in [0.2, 0.25) is 0 Å². The summed E-state index contributed by atoms with van der Waals surface area (Å²) < 4.78 is 18.6. The first-order chi connectivity index (χ1) is 9.67. The maximum absolute atomic E-state index is 13.1. The van der Waals surface area contributed by atoms with Crippen molar-refractivity contribution in [2.45, 2.75) is 45.6 Å². The monoisotopic (exact) mass is 301 g/mol. The van der Waals surface area contributed by atoms with E-state index in [2.05, 4.69) is 19.2 Å². The molecule has 1 atom stereocenters. The molecule has 0 aliphatic heterocycles. The second-order valence-electron chi connectivity index (χ2n) is 4.99. The van der Waals surface area contributed by atoms with E-state index in [1.54, 1.807) is 6.07 Å². The van der Waals surface area contributed by atoms with Crippen molar-refractivity contribution < 1.29 is 9.13 Å². The van der Waals surface area contributed by atoms with Crippen molar-refractivity contribution >= 4 is 11.6 Å². The molecule has 0 bridgehead atoms. The normalized spacial score (nSPS) is 12.6. The number of hydrogen-bond donors (Lipinski definition) is 1. The lowest BCUT2D eigenvalue weighted by Crippen LogP contribution is -2.33. The van der Waals surface area contributed by atoms with Crippen molar-refractivity contribution in [2.24, 2.45) is 0 Å². The molecule has 1 unspecified atom stereocenters. The molecular formula is C16H25ClFNO. The highest BCUT2D eigenvalue weighted by Crippen LogP contribution is 2.19. The van der Waals surface area contributed by atoms with E-state index in [0.29, 0.717) is 11.1 Å². The summed E-state index contributed by atoms with van der Waals surface area (Å²) in [7, 11) is 0. The minimum atomic E-state index is -0.289. The highest BCUT2D eigenvalue weighted by Gasteiger charge is 2.11. The lowest BCUT2D eigenvalue weighted by atomic mass is 10.0. The Morgan fingerprint density at radius 1 is 1.25 bits per heavy atom. The van der Waals surface area contributed by atoms with Gasteiger partial charge in [-0.15, -0.1) is 0 Å². The van der Waals surface area contributed by atoms with Crippen molar-refractivity contribution in [3.63, 3.8) is 0 Å². The van der Waals surface area contributed by atoms with Crippen LogP contribution in [-0.4, -0.2) is 25.8 Å². The summed E-state index contributed by atoms with van der Waals surface area (Å²) in [6.07, 6.45) is 3.86. The molecule has 114 valence electrons. The highest BCUT2D eigenvalue weighted by molar-refractivity contribution is 6.31. The van der Waals surface area contributed by atoms with Crippen molar-refractivity contribution in [3.8, 4) is 0 Å². The van der Waals surface area contributed by atoms with Gasteiger partial charge in [0.1, 0.15) is 5.82 Å². The quantitative estimate of drug-likeness (QED) is 0.654. The van der Waals surface area contributed by atoms with Crippen LogP contribution >= 0.6 is 11.6 Å². The predicted molar refractivity (Wildman–Crippen MR) is 82.9 cm³/mol. The molecule has 0 aliphatic rings. The molecule has 0 radical (unpaired) electrons. The Morgan fingerprint density at radius 2 is 2.05 bits per heavy atom. The molecule has 0 saturated heterocycles. The zero-order chi connectivity index (χ0) is 14.8.